The number of hydrogen-bond donors (Lipinski definition) is 2. The molecule has 168 valence electrons. The van der Waals surface area contributed by atoms with Gasteiger partial charge in [0.05, 0.1) is 19.8 Å². The van der Waals surface area contributed by atoms with Crippen LogP contribution in [-0.4, -0.2) is 46.7 Å². The summed E-state index contributed by atoms with van der Waals surface area (Å²) in [6, 6.07) is 29.4. The first kappa shape index (κ1) is 23.0. The molecule has 5 atom stereocenters. The summed E-state index contributed by atoms with van der Waals surface area (Å²) in [6.07, 6.45) is -2.97. The van der Waals surface area contributed by atoms with Gasteiger partial charge >= 0.3 is 0 Å². The van der Waals surface area contributed by atoms with E-state index in [1.54, 1.807) is 0 Å². The molecular formula is C26H28O5S. The van der Waals surface area contributed by atoms with E-state index in [0.717, 1.165) is 16.0 Å². The monoisotopic (exact) mass is 452 g/mol. The summed E-state index contributed by atoms with van der Waals surface area (Å²) < 4.78 is 18.4. The molecule has 0 radical (unpaired) electrons. The van der Waals surface area contributed by atoms with Crippen LogP contribution < -0.4 is 0 Å². The van der Waals surface area contributed by atoms with Gasteiger partial charge in [-0.15, -0.1) is 0 Å². The van der Waals surface area contributed by atoms with E-state index in [1.807, 2.05) is 91.0 Å². The quantitative estimate of drug-likeness (QED) is 0.511. The predicted molar refractivity (Wildman–Crippen MR) is 124 cm³/mol. The highest BCUT2D eigenvalue weighted by molar-refractivity contribution is 7.99. The third kappa shape index (κ3) is 5.98. The Morgan fingerprint density at radius 1 is 0.719 bits per heavy atom. The summed E-state index contributed by atoms with van der Waals surface area (Å²) in [6.45, 7) is 0.394. The predicted octanol–water partition coefficient (Wildman–Crippen LogP) is 4.03. The highest BCUT2D eigenvalue weighted by atomic mass is 32.2. The Hall–Kier alpha value is -2.19. The van der Waals surface area contributed by atoms with Crippen molar-refractivity contribution in [2.24, 2.45) is 0 Å². The first-order valence-electron chi connectivity index (χ1n) is 10.7. The van der Waals surface area contributed by atoms with Gasteiger partial charge in [0, 0.05) is 4.90 Å². The lowest BCUT2D eigenvalue weighted by Gasteiger charge is -2.43. The Morgan fingerprint density at radius 3 is 1.75 bits per heavy atom. The largest absolute Gasteiger partial charge is 0.394 e. The lowest BCUT2D eigenvalue weighted by Crippen LogP contribution is -2.59. The third-order valence-electron chi connectivity index (χ3n) is 5.36. The molecule has 0 aliphatic carbocycles. The minimum atomic E-state index is -0.963. The van der Waals surface area contributed by atoms with Crippen LogP contribution in [0.3, 0.4) is 0 Å². The van der Waals surface area contributed by atoms with Crippen molar-refractivity contribution in [1.82, 2.24) is 0 Å². The average Bonchev–Trinajstić information content (AvgIpc) is 2.85. The van der Waals surface area contributed by atoms with Crippen molar-refractivity contribution < 1.29 is 24.4 Å². The molecule has 1 aliphatic rings. The molecule has 5 nitrogen and oxygen atoms in total. The molecule has 0 spiro atoms. The summed E-state index contributed by atoms with van der Waals surface area (Å²) >= 11 is 1.47. The molecule has 2 unspecified atom stereocenters. The van der Waals surface area contributed by atoms with Crippen LogP contribution in [0.1, 0.15) is 11.1 Å². The maximum atomic E-state index is 11.3. The van der Waals surface area contributed by atoms with Crippen LogP contribution in [0, 0.1) is 0 Å². The maximum Gasteiger partial charge on any atom is 0.137 e. The molecule has 4 rings (SSSR count). The van der Waals surface area contributed by atoms with Gasteiger partial charge in [-0.25, -0.2) is 0 Å². The van der Waals surface area contributed by atoms with Gasteiger partial charge < -0.3 is 24.4 Å². The lowest BCUT2D eigenvalue weighted by atomic mass is 9.99. The van der Waals surface area contributed by atoms with E-state index in [9.17, 15) is 10.2 Å². The zero-order valence-electron chi connectivity index (χ0n) is 17.7. The van der Waals surface area contributed by atoms with Crippen molar-refractivity contribution in [2.45, 2.75) is 48.0 Å². The summed E-state index contributed by atoms with van der Waals surface area (Å²) in [5, 5.41) is 21.3. The topological polar surface area (TPSA) is 68.2 Å². The van der Waals surface area contributed by atoms with Gasteiger partial charge in [-0.2, -0.15) is 0 Å². The van der Waals surface area contributed by atoms with E-state index in [-0.39, 0.29) is 6.61 Å². The molecule has 3 aromatic rings. The second kappa shape index (κ2) is 11.6. The summed E-state index contributed by atoms with van der Waals surface area (Å²) in [5.41, 5.74) is 1.50. The lowest BCUT2D eigenvalue weighted by molar-refractivity contribution is -0.237. The van der Waals surface area contributed by atoms with Crippen LogP contribution in [-0.2, 0) is 27.4 Å². The van der Waals surface area contributed by atoms with E-state index in [0.29, 0.717) is 13.2 Å². The van der Waals surface area contributed by atoms with E-state index < -0.39 is 29.9 Å². The number of thioether (sulfide) groups is 1. The Balaban J connectivity index is 1.51. The van der Waals surface area contributed by atoms with E-state index >= 15 is 0 Å². The Bertz CT molecular complexity index is 925. The molecule has 0 saturated carbocycles. The van der Waals surface area contributed by atoms with Gasteiger partial charge in [0.25, 0.3) is 0 Å². The number of ether oxygens (including phenoxy) is 3. The normalized spacial score (nSPS) is 25.5. The summed E-state index contributed by atoms with van der Waals surface area (Å²) in [5.74, 6) is 0. The van der Waals surface area contributed by atoms with Gasteiger partial charge in [-0.1, -0.05) is 90.6 Å². The number of aliphatic hydroxyl groups is 2. The van der Waals surface area contributed by atoms with Crippen molar-refractivity contribution in [1.29, 1.82) is 0 Å². The average molecular weight is 453 g/mol. The molecule has 1 aliphatic heterocycles. The first-order chi connectivity index (χ1) is 15.7. The molecule has 6 heteroatoms. The maximum absolute atomic E-state index is 11.3. The fraction of sp³-hybridized carbons (Fsp3) is 0.308. The van der Waals surface area contributed by atoms with Gasteiger partial charge in [-0.3, -0.25) is 0 Å². The van der Waals surface area contributed by atoms with Crippen molar-refractivity contribution in [3.8, 4) is 0 Å². The smallest absolute Gasteiger partial charge is 0.137 e. The Morgan fingerprint density at radius 2 is 1.22 bits per heavy atom. The van der Waals surface area contributed by atoms with Gasteiger partial charge in [0.2, 0.25) is 0 Å². The van der Waals surface area contributed by atoms with E-state index in [4.69, 9.17) is 14.2 Å². The molecule has 1 fully saturated rings. The van der Waals surface area contributed by atoms with Crippen LogP contribution >= 0.6 is 11.8 Å². The fourth-order valence-corrected chi connectivity index (χ4v) is 4.84. The summed E-state index contributed by atoms with van der Waals surface area (Å²) in [4.78, 5) is 0.998. The van der Waals surface area contributed by atoms with Crippen molar-refractivity contribution in [2.75, 3.05) is 6.61 Å². The fourth-order valence-electron chi connectivity index (χ4n) is 3.69. The highest BCUT2D eigenvalue weighted by Crippen LogP contribution is 2.36. The van der Waals surface area contributed by atoms with E-state index in [2.05, 4.69) is 0 Å². The number of rotatable bonds is 9. The Kier molecular flexibility index (Phi) is 8.34. The first-order valence-corrected chi connectivity index (χ1v) is 11.6. The van der Waals surface area contributed by atoms with Gasteiger partial charge in [-0.05, 0) is 23.3 Å². The van der Waals surface area contributed by atoms with Crippen LogP contribution in [0.2, 0.25) is 0 Å². The number of aliphatic hydroxyl groups excluding tert-OH is 2. The molecule has 1 saturated heterocycles. The highest BCUT2D eigenvalue weighted by Gasteiger charge is 2.46. The molecule has 0 bridgehead atoms. The number of benzene rings is 3. The second-order valence-electron chi connectivity index (χ2n) is 7.67. The zero-order chi connectivity index (χ0) is 22.2. The third-order valence-corrected chi connectivity index (χ3v) is 6.52. The molecular weight excluding hydrogens is 424 g/mol. The van der Waals surface area contributed by atoms with Crippen LogP contribution in [0.5, 0.6) is 0 Å². The molecule has 0 aromatic heterocycles. The Labute approximate surface area is 193 Å². The SMILES string of the molecule is OCC1O[C@H](Sc2ccccc2)C(OCc2ccccc2)[C@@H](O)[C@@H]1OCc1ccccc1. The molecule has 3 aromatic carbocycles. The van der Waals surface area contributed by atoms with Crippen molar-refractivity contribution in [3.63, 3.8) is 0 Å². The minimum absolute atomic E-state index is 0.256. The summed E-state index contributed by atoms with van der Waals surface area (Å²) in [7, 11) is 0. The molecule has 0 amide bonds. The van der Waals surface area contributed by atoms with Gasteiger partial charge in [0.15, 0.2) is 0 Å². The molecule has 1 heterocycles. The minimum Gasteiger partial charge on any atom is -0.394 e. The van der Waals surface area contributed by atoms with Crippen LogP contribution in [0.15, 0.2) is 95.9 Å². The van der Waals surface area contributed by atoms with Crippen molar-refractivity contribution in [3.05, 3.63) is 102 Å². The molecule has 2 N–H and O–H groups in total. The second-order valence-corrected chi connectivity index (χ2v) is 8.84. The molecule has 32 heavy (non-hydrogen) atoms. The van der Waals surface area contributed by atoms with Crippen LogP contribution in [0.4, 0.5) is 0 Å². The van der Waals surface area contributed by atoms with Crippen LogP contribution in [0.25, 0.3) is 0 Å². The zero-order valence-corrected chi connectivity index (χ0v) is 18.5. The van der Waals surface area contributed by atoms with E-state index in [1.165, 1.54) is 11.8 Å². The standard InChI is InChI=1S/C26H28O5S/c27-16-22-24(29-17-19-10-4-1-5-11-19)23(28)25(30-18-20-12-6-2-7-13-20)26(31-22)32-21-14-8-3-9-15-21/h1-15,22-28H,16-18H2/t22?,23-,24+,25?,26+/m0/s1. The number of hydrogen-bond acceptors (Lipinski definition) is 6. The van der Waals surface area contributed by atoms with Gasteiger partial charge in [0.1, 0.15) is 29.9 Å². The van der Waals surface area contributed by atoms with Crippen molar-refractivity contribution >= 4 is 11.8 Å².